The summed E-state index contributed by atoms with van der Waals surface area (Å²) in [5.74, 6) is -0.178. The van der Waals surface area contributed by atoms with Gasteiger partial charge in [0.1, 0.15) is 6.04 Å². The lowest BCUT2D eigenvalue weighted by Gasteiger charge is -2.32. The van der Waals surface area contributed by atoms with Gasteiger partial charge in [-0.1, -0.05) is 12.8 Å². The number of carbonyl (C=O) groups excluding carboxylic acids is 1. The third-order valence-electron chi connectivity index (χ3n) is 3.11. The minimum atomic E-state index is -0.249. The molecule has 0 bridgehead atoms. The van der Waals surface area contributed by atoms with Crippen LogP contribution in [0, 0.1) is 0 Å². The molecule has 0 aromatic carbocycles. The summed E-state index contributed by atoms with van der Waals surface area (Å²) in [6.45, 7) is 4.10. The van der Waals surface area contributed by atoms with Crippen molar-refractivity contribution >= 4 is 5.97 Å². The van der Waals surface area contributed by atoms with E-state index in [1.807, 2.05) is 13.8 Å². The molecular weight excluding hydrogens is 206 g/mol. The van der Waals surface area contributed by atoms with Crippen molar-refractivity contribution in [1.82, 2.24) is 5.32 Å². The molecule has 1 fully saturated rings. The topological polar surface area (TPSA) is 47.6 Å². The van der Waals surface area contributed by atoms with Crippen LogP contribution in [0.4, 0.5) is 0 Å². The van der Waals surface area contributed by atoms with Crippen molar-refractivity contribution in [2.24, 2.45) is 0 Å². The van der Waals surface area contributed by atoms with Crippen molar-refractivity contribution in [3.63, 3.8) is 0 Å². The van der Waals surface area contributed by atoms with Gasteiger partial charge in [-0.2, -0.15) is 0 Å². The van der Waals surface area contributed by atoms with Crippen molar-refractivity contribution in [1.29, 1.82) is 0 Å². The van der Waals surface area contributed by atoms with Crippen molar-refractivity contribution in [3.8, 4) is 0 Å². The zero-order chi connectivity index (χ0) is 12.0. The second-order valence-corrected chi connectivity index (χ2v) is 4.31. The van der Waals surface area contributed by atoms with Crippen LogP contribution in [0.15, 0.2) is 0 Å². The number of methoxy groups -OCH3 is 1. The fourth-order valence-corrected chi connectivity index (χ4v) is 2.23. The second kappa shape index (κ2) is 6.86. The second-order valence-electron chi connectivity index (χ2n) is 4.31. The molecule has 0 aromatic heterocycles. The van der Waals surface area contributed by atoms with Gasteiger partial charge in [0, 0.05) is 13.2 Å². The third kappa shape index (κ3) is 3.76. The molecule has 1 aliphatic rings. The molecule has 1 rings (SSSR count). The standard InChI is InChI=1S/C12H23NO3/c1-4-16-12(14)9(2)13-10-7-5-6-8-11(10)15-3/h9-11,13H,4-8H2,1-3H3. The Morgan fingerprint density at radius 2 is 2.12 bits per heavy atom. The maximum Gasteiger partial charge on any atom is 0.322 e. The summed E-state index contributed by atoms with van der Waals surface area (Å²) in [5, 5.41) is 3.30. The number of carbonyl (C=O) groups is 1. The summed E-state index contributed by atoms with van der Waals surface area (Å²) in [5.41, 5.74) is 0. The molecule has 0 saturated heterocycles. The van der Waals surface area contributed by atoms with Gasteiger partial charge < -0.3 is 9.47 Å². The van der Waals surface area contributed by atoms with E-state index < -0.39 is 0 Å². The van der Waals surface area contributed by atoms with Crippen LogP contribution >= 0.6 is 0 Å². The van der Waals surface area contributed by atoms with E-state index in [1.165, 1.54) is 12.8 Å². The summed E-state index contributed by atoms with van der Waals surface area (Å²) in [6.07, 6.45) is 4.79. The van der Waals surface area contributed by atoms with Crippen LogP contribution in [0.3, 0.4) is 0 Å². The first-order chi connectivity index (χ1) is 7.69. The normalized spacial score (nSPS) is 27.4. The minimum absolute atomic E-state index is 0.178. The molecule has 0 heterocycles. The van der Waals surface area contributed by atoms with Crippen LogP contribution in [0.2, 0.25) is 0 Å². The smallest absolute Gasteiger partial charge is 0.322 e. The highest BCUT2D eigenvalue weighted by Crippen LogP contribution is 2.21. The molecule has 0 spiro atoms. The molecular formula is C12H23NO3. The van der Waals surface area contributed by atoms with Crippen LogP contribution in [-0.2, 0) is 14.3 Å². The molecule has 4 nitrogen and oxygen atoms in total. The molecule has 0 aliphatic heterocycles. The summed E-state index contributed by atoms with van der Waals surface area (Å²) < 4.78 is 10.4. The van der Waals surface area contributed by atoms with Crippen LogP contribution < -0.4 is 5.32 Å². The maximum atomic E-state index is 11.5. The molecule has 1 N–H and O–H groups in total. The number of hydrogen-bond donors (Lipinski definition) is 1. The van der Waals surface area contributed by atoms with Crippen LogP contribution in [0.1, 0.15) is 39.5 Å². The van der Waals surface area contributed by atoms with Gasteiger partial charge in [0.25, 0.3) is 0 Å². The minimum Gasteiger partial charge on any atom is -0.465 e. The number of ether oxygens (including phenoxy) is 2. The zero-order valence-corrected chi connectivity index (χ0v) is 10.5. The molecule has 0 amide bonds. The highest BCUT2D eigenvalue weighted by molar-refractivity contribution is 5.75. The van der Waals surface area contributed by atoms with E-state index in [-0.39, 0.29) is 24.2 Å². The number of esters is 1. The van der Waals surface area contributed by atoms with Gasteiger partial charge in [0.2, 0.25) is 0 Å². The van der Waals surface area contributed by atoms with Crippen LogP contribution in [0.25, 0.3) is 0 Å². The number of hydrogen-bond acceptors (Lipinski definition) is 4. The largest absolute Gasteiger partial charge is 0.465 e. The quantitative estimate of drug-likeness (QED) is 0.725. The van der Waals surface area contributed by atoms with E-state index in [1.54, 1.807) is 7.11 Å². The average molecular weight is 229 g/mol. The zero-order valence-electron chi connectivity index (χ0n) is 10.5. The Labute approximate surface area is 97.7 Å². The van der Waals surface area contributed by atoms with Crippen molar-refractivity contribution in [3.05, 3.63) is 0 Å². The van der Waals surface area contributed by atoms with Crippen molar-refractivity contribution in [2.75, 3.05) is 13.7 Å². The fourth-order valence-electron chi connectivity index (χ4n) is 2.23. The van der Waals surface area contributed by atoms with E-state index in [4.69, 9.17) is 9.47 Å². The molecule has 1 saturated carbocycles. The number of nitrogens with one attached hydrogen (secondary N) is 1. The van der Waals surface area contributed by atoms with E-state index in [0.717, 1.165) is 12.8 Å². The molecule has 94 valence electrons. The van der Waals surface area contributed by atoms with E-state index in [0.29, 0.717) is 6.61 Å². The van der Waals surface area contributed by atoms with Crippen LogP contribution in [-0.4, -0.2) is 37.9 Å². The van der Waals surface area contributed by atoms with Gasteiger partial charge >= 0.3 is 5.97 Å². The predicted octanol–water partition coefficient (Wildman–Crippen LogP) is 1.49. The lowest BCUT2D eigenvalue weighted by molar-refractivity contribution is -0.145. The lowest BCUT2D eigenvalue weighted by atomic mass is 9.92. The SMILES string of the molecule is CCOC(=O)C(C)NC1CCCCC1OC. The molecule has 0 aromatic rings. The molecule has 4 heteroatoms. The van der Waals surface area contributed by atoms with E-state index >= 15 is 0 Å². The molecule has 3 unspecified atom stereocenters. The molecule has 3 atom stereocenters. The Bertz CT molecular complexity index is 220. The Morgan fingerprint density at radius 1 is 1.44 bits per heavy atom. The lowest BCUT2D eigenvalue weighted by Crippen LogP contribution is -2.49. The van der Waals surface area contributed by atoms with Gasteiger partial charge in [-0.3, -0.25) is 10.1 Å². The Balaban J connectivity index is 2.41. The first-order valence-electron chi connectivity index (χ1n) is 6.14. The van der Waals surface area contributed by atoms with Gasteiger partial charge in [-0.25, -0.2) is 0 Å². The van der Waals surface area contributed by atoms with Crippen LogP contribution in [0.5, 0.6) is 0 Å². The van der Waals surface area contributed by atoms with E-state index in [2.05, 4.69) is 5.32 Å². The van der Waals surface area contributed by atoms with Crippen molar-refractivity contribution < 1.29 is 14.3 Å². The van der Waals surface area contributed by atoms with Gasteiger partial charge in [0.05, 0.1) is 12.7 Å². The van der Waals surface area contributed by atoms with E-state index in [9.17, 15) is 4.79 Å². The molecule has 0 radical (unpaired) electrons. The van der Waals surface area contributed by atoms with Gasteiger partial charge in [-0.15, -0.1) is 0 Å². The molecule has 1 aliphatic carbocycles. The monoisotopic (exact) mass is 229 g/mol. The fraction of sp³-hybridized carbons (Fsp3) is 0.917. The number of rotatable bonds is 5. The van der Waals surface area contributed by atoms with Gasteiger partial charge in [0.15, 0.2) is 0 Å². The predicted molar refractivity (Wildman–Crippen MR) is 62.3 cm³/mol. The third-order valence-corrected chi connectivity index (χ3v) is 3.11. The highest BCUT2D eigenvalue weighted by Gasteiger charge is 2.27. The average Bonchev–Trinajstić information content (AvgIpc) is 2.30. The van der Waals surface area contributed by atoms with Crippen molar-refractivity contribution in [2.45, 2.75) is 57.7 Å². The molecule has 16 heavy (non-hydrogen) atoms. The van der Waals surface area contributed by atoms with Gasteiger partial charge in [-0.05, 0) is 26.7 Å². The first-order valence-corrected chi connectivity index (χ1v) is 6.14. The Morgan fingerprint density at radius 3 is 2.75 bits per heavy atom. The summed E-state index contributed by atoms with van der Waals surface area (Å²) in [4.78, 5) is 11.5. The summed E-state index contributed by atoms with van der Waals surface area (Å²) in [6, 6.07) is 0.0267. The Kier molecular flexibility index (Phi) is 5.77. The first kappa shape index (κ1) is 13.5. The Hall–Kier alpha value is -0.610. The highest BCUT2D eigenvalue weighted by atomic mass is 16.5. The summed E-state index contributed by atoms with van der Waals surface area (Å²) in [7, 11) is 1.74. The maximum absolute atomic E-state index is 11.5. The summed E-state index contributed by atoms with van der Waals surface area (Å²) >= 11 is 0.